The van der Waals surface area contributed by atoms with Crippen LogP contribution in [0.5, 0.6) is 0 Å². The minimum Gasteiger partial charge on any atom is -0.210 e. The molecule has 1 heterocycles. The summed E-state index contributed by atoms with van der Waals surface area (Å²) in [4.78, 5) is 8.91. The summed E-state index contributed by atoms with van der Waals surface area (Å²) in [5.41, 5.74) is 3.90. The Bertz CT molecular complexity index is 1230. The number of hydrogen-bond donors (Lipinski definition) is 0. The molecule has 4 rings (SSSR count). The Morgan fingerprint density at radius 2 is 1.34 bits per heavy atom. The Kier molecular flexibility index (Phi) is 6.07. The minimum absolute atomic E-state index is 0.148. The predicted molar refractivity (Wildman–Crippen MR) is 117 cm³/mol. The first-order valence-corrected chi connectivity index (χ1v) is 9.94. The van der Waals surface area contributed by atoms with E-state index in [1.807, 2.05) is 61.5 Å². The molecule has 0 aliphatic heterocycles. The summed E-state index contributed by atoms with van der Waals surface area (Å²) in [7, 11) is 0. The predicted octanol–water partition coefficient (Wildman–Crippen LogP) is 7.42. The molecule has 0 aliphatic carbocycles. The Hall–Kier alpha value is -3.87. The average Bonchev–Trinajstić information content (AvgIpc) is 2.80. The van der Waals surface area contributed by atoms with E-state index in [0.29, 0.717) is 23.5 Å². The van der Waals surface area contributed by atoms with Crippen molar-refractivity contribution in [3.05, 3.63) is 102 Å². The normalized spacial score (nSPS) is 11.8. The van der Waals surface area contributed by atoms with Crippen molar-refractivity contribution < 1.29 is 13.2 Å². The molecule has 0 amide bonds. The number of aryl methyl sites for hydroxylation is 1. The van der Waals surface area contributed by atoms with Gasteiger partial charge in [-0.05, 0) is 36.2 Å². The van der Waals surface area contributed by atoms with Crippen LogP contribution in [-0.4, -0.2) is 9.97 Å². The van der Waals surface area contributed by atoms with Crippen LogP contribution in [0.3, 0.4) is 0 Å². The molecule has 0 spiro atoms. The van der Waals surface area contributed by atoms with E-state index in [2.05, 4.69) is 20.2 Å². The molecule has 4 aromatic rings. The molecule has 160 valence electrons. The van der Waals surface area contributed by atoms with Crippen LogP contribution in [0.4, 0.5) is 19.1 Å². The molecule has 0 aliphatic rings. The van der Waals surface area contributed by atoms with E-state index in [1.54, 1.807) is 6.07 Å². The highest BCUT2D eigenvalue weighted by Crippen LogP contribution is 2.32. The van der Waals surface area contributed by atoms with Gasteiger partial charge < -0.3 is 0 Å². The van der Waals surface area contributed by atoms with Crippen molar-refractivity contribution in [2.75, 3.05) is 0 Å². The Labute approximate surface area is 183 Å². The number of alkyl halides is 3. The molecular weight excluding hydrogens is 413 g/mol. The van der Waals surface area contributed by atoms with Gasteiger partial charge in [-0.15, -0.1) is 5.11 Å². The third-order valence-corrected chi connectivity index (χ3v) is 4.95. The number of halogens is 3. The quantitative estimate of drug-likeness (QED) is 0.308. The van der Waals surface area contributed by atoms with Crippen LogP contribution in [0.25, 0.3) is 22.5 Å². The lowest BCUT2D eigenvalue weighted by Gasteiger charge is -2.09. The molecule has 1 aromatic heterocycles. The zero-order chi connectivity index (χ0) is 22.6. The molecule has 0 radical (unpaired) electrons. The third kappa shape index (κ3) is 5.06. The summed E-state index contributed by atoms with van der Waals surface area (Å²) < 4.78 is 38.8. The van der Waals surface area contributed by atoms with Crippen LogP contribution in [0.2, 0.25) is 0 Å². The lowest BCUT2D eigenvalue weighted by atomic mass is 10.1. The van der Waals surface area contributed by atoms with E-state index < -0.39 is 11.7 Å². The van der Waals surface area contributed by atoms with Gasteiger partial charge in [0.2, 0.25) is 0 Å². The van der Waals surface area contributed by atoms with Gasteiger partial charge in [-0.2, -0.15) is 18.3 Å². The van der Waals surface area contributed by atoms with Gasteiger partial charge in [0.1, 0.15) is 0 Å². The monoisotopic (exact) mass is 432 g/mol. The van der Waals surface area contributed by atoms with Crippen molar-refractivity contribution in [2.24, 2.45) is 10.2 Å². The Balaban J connectivity index is 1.70. The summed E-state index contributed by atoms with van der Waals surface area (Å²) >= 11 is 0. The molecule has 0 N–H and O–H groups in total. The van der Waals surface area contributed by atoms with Crippen molar-refractivity contribution in [3.63, 3.8) is 0 Å². The number of hydrogen-bond acceptors (Lipinski definition) is 4. The fraction of sp³-hybridized carbons (Fsp3) is 0.120. The van der Waals surface area contributed by atoms with Gasteiger partial charge in [0.25, 0.3) is 5.95 Å². The summed E-state index contributed by atoms with van der Waals surface area (Å²) in [6, 6.07) is 23.9. The van der Waals surface area contributed by atoms with E-state index in [-0.39, 0.29) is 5.95 Å². The van der Waals surface area contributed by atoms with Gasteiger partial charge >= 0.3 is 6.18 Å². The van der Waals surface area contributed by atoms with E-state index >= 15 is 0 Å². The number of nitrogens with zero attached hydrogens (tertiary/aromatic N) is 4. The van der Waals surface area contributed by atoms with Crippen molar-refractivity contribution in [3.8, 4) is 22.5 Å². The van der Waals surface area contributed by atoms with Crippen molar-refractivity contribution >= 4 is 5.95 Å². The van der Waals surface area contributed by atoms with Crippen LogP contribution in [0.15, 0.2) is 95.2 Å². The van der Waals surface area contributed by atoms with E-state index in [0.717, 1.165) is 28.8 Å². The molecule has 0 saturated carbocycles. The molecule has 0 unspecified atom stereocenters. The first-order valence-electron chi connectivity index (χ1n) is 9.94. The lowest BCUT2D eigenvalue weighted by molar-refractivity contribution is -0.137. The maximum absolute atomic E-state index is 12.9. The molecule has 32 heavy (non-hydrogen) atoms. The standard InChI is InChI=1S/C25H19F3N4/c1-17-7-5-6-10-20(17)16-29-32-24-30-22(18-8-3-2-4-9-18)15-23(31-24)19-11-13-21(14-12-19)25(26,27)28/h2-15H,16H2,1H3. The second kappa shape index (κ2) is 9.09. The second-order valence-corrected chi connectivity index (χ2v) is 7.21. The van der Waals surface area contributed by atoms with Crippen LogP contribution < -0.4 is 0 Å². The second-order valence-electron chi connectivity index (χ2n) is 7.21. The third-order valence-electron chi connectivity index (χ3n) is 4.95. The molecule has 0 fully saturated rings. The van der Waals surface area contributed by atoms with E-state index in [1.165, 1.54) is 12.1 Å². The number of aromatic nitrogens is 2. The fourth-order valence-electron chi connectivity index (χ4n) is 3.18. The smallest absolute Gasteiger partial charge is 0.210 e. The Morgan fingerprint density at radius 3 is 1.97 bits per heavy atom. The van der Waals surface area contributed by atoms with Crippen molar-refractivity contribution in [1.82, 2.24) is 9.97 Å². The van der Waals surface area contributed by atoms with Gasteiger partial charge in [-0.25, -0.2) is 9.97 Å². The molecule has 3 aromatic carbocycles. The van der Waals surface area contributed by atoms with Crippen LogP contribution >= 0.6 is 0 Å². The minimum atomic E-state index is -4.39. The largest absolute Gasteiger partial charge is 0.416 e. The van der Waals surface area contributed by atoms with Gasteiger partial charge in [0.05, 0.1) is 23.5 Å². The highest BCUT2D eigenvalue weighted by atomic mass is 19.4. The zero-order valence-corrected chi connectivity index (χ0v) is 17.2. The van der Waals surface area contributed by atoms with Gasteiger partial charge in [0.15, 0.2) is 0 Å². The SMILES string of the molecule is Cc1ccccc1CN=Nc1nc(-c2ccccc2)cc(-c2ccc(C(F)(F)F)cc2)n1. The first kappa shape index (κ1) is 21.4. The lowest BCUT2D eigenvalue weighted by Crippen LogP contribution is -2.04. The maximum Gasteiger partial charge on any atom is 0.416 e. The fourth-order valence-corrected chi connectivity index (χ4v) is 3.18. The molecule has 7 heteroatoms. The topological polar surface area (TPSA) is 50.5 Å². The van der Waals surface area contributed by atoms with E-state index in [4.69, 9.17) is 0 Å². The van der Waals surface area contributed by atoms with Gasteiger partial charge in [0, 0.05) is 11.1 Å². The summed E-state index contributed by atoms with van der Waals surface area (Å²) in [6.45, 7) is 2.38. The van der Waals surface area contributed by atoms with Crippen molar-refractivity contribution in [1.29, 1.82) is 0 Å². The molecule has 4 nitrogen and oxygen atoms in total. The maximum atomic E-state index is 12.9. The summed E-state index contributed by atoms with van der Waals surface area (Å²) in [5, 5.41) is 8.43. The first-order chi connectivity index (χ1) is 15.4. The molecule has 0 saturated heterocycles. The number of azo groups is 1. The van der Waals surface area contributed by atoms with Crippen LogP contribution in [0, 0.1) is 6.92 Å². The van der Waals surface area contributed by atoms with Crippen molar-refractivity contribution in [2.45, 2.75) is 19.6 Å². The summed E-state index contributed by atoms with van der Waals surface area (Å²) in [6.07, 6.45) is -4.39. The highest BCUT2D eigenvalue weighted by molar-refractivity contribution is 5.69. The zero-order valence-electron chi connectivity index (χ0n) is 17.2. The Morgan fingerprint density at radius 1 is 0.750 bits per heavy atom. The molecular formula is C25H19F3N4. The summed E-state index contributed by atoms with van der Waals surface area (Å²) in [5.74, 6) is 0.148. The van der Waals surface area contributed by atoms with Crippen LogP contribution in [-0.2, 0) is 12.7 Å². The van der Waals surface area contributed by atoms with Crippen LogP contribution in [0.1, 0.15) is 16.7 Å². The molecule has 0 bridgehead atoms. The van der Waals surface area contributed by atoms with Gasteiger partial charge in [-0.1, -0.05) is 66.7 Å². The molecule has 0 atom stereocenters. The number of benzene rings is 3. The number of rotatable bonds is 5. The van der Waals surface area contributed by atoms with E-state index in [9.17, 15) is 13.2 Å². The highest BCUT2D eigenvalue weighted by Gasteiger charge is 2.30. The average molecular weight is 432 g/mol. The van der Waals surface area contributed by atoms with Gasteiger partial charge in [-0.3, -0.25) is 0 Å².